The summed E-state index contributed by atoms with van der Waals surface area (Å²) in [5.74, 6) is -0.0246. The van der Waals surface area contributed by atoms with Gasteiger partial charge in [-0.05, 0) is 18.3 Å². The van der Waals surface area contributed by atoms with Crippen LogP contribution < -0.4 is 5.32 Å². The summed E-state index contributed by atoms with van der Waals surface area (Å²) < 4.78 is 1.70. The van der Waals surface area contributed by atoms with Crippen LogP contribution in [0.1, 0.15) is 40.0 Å². The van der Waals surface area contributed by atoms with Crippen LogP contribution in [0.2, 0.25) is 0 Å². The van der Waals surface area contributed by atoms with Gasteiger partial charge in [0.15, 0.2) is 0 Å². The standard InChI is InChI=1S/C13H24N4O2/c1-13(2,3)9-11(10-18)15-12(19)5-4-7-17-8-6-14-16-17/h6,8,11,18H,4-5,7,9-10H2,1-3H3,(H,15,19). The molecule has 0 aliphatic carbocycles. The lowest BCUT2D eigenvalue weighted by atomic mass is 9.88. The minimum atomic E-state index is -0.168. The van der Waals surface area contributed by atoms with Crippen LogP contribution in [0.5, 0.6) is 0 Å². The number of carbonyl (C=O) groups is 1. The number of nitrogens with zero attached hydrogens (tertiary/aromatic N) is 3. The summed E-state index contributed by atoms with van der Waals surface area (Å²) in [6, 6.07) is -0.168. The molecule has 0 saturated heterocycles. The first kappa shape index (κ1) is 15.6. The number of rotatable bonds is 7. The van der Waals surface area contributed by atoms with E-state index in [-0.39, 0.29) is 24.0 Å². The molecule has 108 valence electrons. The zero-order chi connectivity index (χ0) is 14.3. The van der Waals surface area contributed by atoms with Crippen molar-refractivity contribution in [3.05, 3.63) is 12.4 Å². The summed E-state index contributed by atoms with van der Waals surface area (Å²) in [6.07, 6.45) is 5.29. The summed E-state index contributed by atoms with van der Waals surface area (Å²) >= 11 is 0. The molecule has 0 saturated carbocycles. The maximum atomic E-state index is 11.8. The van der Waals surface area contributed by atoms with Crippen molar-refractivity contribution in [2.24, 2.45) is 5.41 Å². The van der Waals surface area contributed by atoms with E-state index < -0.39 is 0 Å². The van der Waals surface area contributed by atoms with Crippen molar-refractivity contribution >= 4 is 5.91 Å². The number of carbonyl (C=O) groups excluding carboxylic acids is 1. The van der Waals surface area contributed by atoms with Crippen LogP contribution >= 0.6 is 0 Å². The predicted octanol–water partition coefficient (Wildman–Crippen LogP) is 0.972. The minimum Gasteiger partial charge on any atom is -0.394 e. The molecule has 0 spiro atoms. The van der Waals surface area contributed by atoms with E-state index in [0.29, 0.717) is 19.4 Å². The largest absolute Gasteiger partial charge is 0.394 e. The second kappa shape index (κ2) is 7.23. The number of hydrogen-bond acceptors (Lipinski definition) is 4. The molecule has 0 fully saturated rings. The molecule has 0 radical (unpaired) electrons. The molecule has 1 heterocycles. The first-order valence-electron chi connectivity index (χ1n) is 6.65. The fraction of sp³-hybridized carbons (Fsp3) is 0.769. The summed E-state index contributed by atoms with van der Waals surface area (Å²) in [4.78, 5) is 11.8. The van der Waals surface area contributed by atoms with Gasteiger partial charge in [-0.1, -0.05) is 26.0 Å². The highest BCUT2D eigenvalue weighted by atomic mass is 16.3. The Balaban J connectivity index is 2.25. The van der Waals surface area contributed by atoms with Crippen LogP contribution in [0.4, 0.5) is 0 Å². The molecule has 1 rings (SSSR count). The van der Waals surface area contributed by atoms with E-state index in [9.17, 15) is 9.90 Å². The van der Waals surface area contributed by atoms with E-state index in [0.717, 1.165) is 6.42 Å². The minimum absolute atomic E-state index is 0.0217. The Bertz CT molecular complexity index is 370. The average Bonchev–Trinajstić information content (AvgIpc) is 2.79. The molecule has 0 bridgehead atoms. The highest BCUT2D eigenvalue weighted by Crippen LogP contribution is 2.20. The van der Waals surface area contributed by atoms with Gasteiger partial charge >= 0.3 is 0 Å². The molecular formula is C13H24N4O2. The van der Waals surface area contributed by atoms with Crippen LogP contribution in [0.3, 0.4) is 0 Å². The Morgan fingerprint density at radius 1 is 1.47 bits per heavy atom. The second-order valence-corrected chi connectivity index (χ2v) is 5.98. The number of hydrogen-bond donors (Lipinski definition) is 2. The number of aliphatic hydroxyl groups is 1. The quantitative estimate of drug-likeness (QED) is 0.772. The Morgan fingerprint density at radius 3 is 2.74 bits per heavy atom. The highest BCUT2D eigenvalue weighted by Gasteiger charge is 2.19. The van der Waals surface area contributed by atoms with Crippen molar-refractivity contribution in [3.8, 4) is 0 Å². The summed E-state index contributed by atoms with van der Waals surface area (Å²) in [5, 5.41) is 19.7. The fourth-order valence-electron chi connectivity index (χ4n) is 1.95. The topological polar surface area (TPSA) is 80.0 Å². The molecule has 1 amide bonds. The van der Waals surface area contributed by atoms with Crippen LogP contribution in [0.25, 0.3) is 0 Å². The molecule has 0 aromatic carbocycles. The van der Waals surface area contributed by atoms with Crippen molar-refractivity contribution in [3.63, 3.8) is 0 Å². The Hall–Kier alpha value is -1.43. The number of aryl methyl sites for hydroxylation is 1. The van der Waals surface area contributed by atoms with Crippen molar-refractivity contribution < 1.29 is 9.90 Å². The molecule has 1 aromatic heterocycles. The maximum absolute atomic E-state index is 11.8. The van der Waals surface area contributed by atoms with Gasteiger partial charge in [-0.2, -0.15) is 0 Å². The molecule has 2 N–H and O–H groups in total. The van der Waals surface area contributed by atoms with Crippen molar-refractivity contribution in [2.75, 3.05) is 6.61 Å². The zero-order valence-electron chi connectivity index (χ0n) is 12.0. The SMILES string of the molecule is CC(C)(C)CC(CO)NC(=O)CCCn1ccnn1. The van der Waals surface area contributed by atoms with Gasteiger partial charge in [0.05, 0.1) is 18.8 Å². The molecule has 0 aliphatic rings. The monoisotopic (exact) mass is 268 g/mol. The Labute approximate surface area is 114 Å². The summed E-state index contributed by atoms with van der Waals surface area (Å²) in [6.45, 7) is 6.92. The van der Waals surface area contributed by atoms with Gasteiger partial charge < -0.3 is 10.4 Å². The van der Waals surface area contributed by atoms with Crippen molar-refractivity contribution in [2.45, 2.75) is 52.6 Å². The summed E-state index contributed by atoms with van der Waals surface area (Å²) in [5.41, 5.74) is 0.0847. The number of aromatic nitrogens is 3. The zero-order valence-corrected chi connectivity index (χ0v) is 12.0. The van der Waals surface area contributed by atoms with Gasteiger partial charge in [-0.15, -0.1) is 5.10 Å². The lowest BCUT2D eigenvalue weighted by molar-refractivity contribution is -0.122. The summed E-state index contributed by atoms with van der Waals surface area (Å²) in [7, 11) is 0. The molecule has 6 heteroatoms. The average molecular weight is 268 g/mol. The van der Waals surface area contributed by atoms with Gasteiger partial charge in [0.25, 0.3) is 0 Å². The first-order valence-corrected chi connectivity index (χ1v) is 6.65. The van der Waals surface area contributed by atoms with E-state index in [1.54, 1.807) is 17.1 Å². The van der Waals surface area contributed by atoms with E-state index in [1.165, 1.54) is 0 Å². The molecule has 19 heavy (non-hydrogen) atoms. The third-order valence-electron chi connectivity index (χ3n) is 2.71. The van der Waals surface area contributed by atoms with Crippen molar-refractivity contribution in [1.82, 2.24) is 20.3 Å². The Morgan fingerprint density at radius 2 is 2.21 bits per heavy atom. The number of nitrogens with one attached hydrogen (secondary N) is 1. The fourth-order valence-corrected chi connectivity index (χ4v) is 1.95. The van der Waals surface area contributed by atoms with Gasteiger partial charge in [0.2, 0.25) is 5.91 Å². The third-order valence-corrected chi connectivity index (χ3v) is 2.71. The molecule has 1 atom stereocenters. The van der Waals surface area contributed by atoms with Crippen LogP contribution in [0, 0.1) is 5.41 Å². The highest BCUT2D eigenvalue weighted by molar-refractivity contribution is 5.76. The molecule has 6 nitrogen and oxygen atoms in total. The Kier molecular flexibility index (Phi) is 5.95. The van der Waals surface area contributed by atoms with Crippen LogP contribution in [0.15, 0.2) is 12.4 Å². The van der Waals surface area contributed by atoms with Gasteiger partial charge in [0, 0.05) is 19.2 Å². The van der Waals surface area contributed by atoms with E-state index >= 15 is 0 Å². The maximum Gasteiger partial charge on any atom is 0.220 e. The van der Waals surface area contributed by atoms with Crippen LogP contribution in [-0.4, -0.2) is 38.7 Å². The second-order valence-electron chi connectivity index (χ2n) is 5.98. The van der Waals surface area contributed by atoms with Gasteiger partial charge in [-0.25, -0.2) is 0 Å². The van der Waals surface area contributed by atoms with E-state index in [1.807, 2.05) is 0 Å². The van der Waals surface area contributed by atoms with E-state index in [4.69, 9.17) is 0 Å². The lowest BCUT2D eigenvalue weighted by Gasteiger charge is -2.25. The van der Waals surface area contributed by atoms with Gasteiger partial charge in [0.1, 0.15) is 0 Å². The van der Waals surface area contributed by atoms with Crippen LogP contribution in [-0.2, 0) is 11.3 Å². The number of aliphatic hydroxyl groups excluding tert-OH is 1. The smallest absolute Gasteiger partial charge is 0.220 e. The lowest BCUT2D eigenvalue weighted by Crippen LogP contribution is -2.40. The molecule has 0 aliphatic heterocycles. The normalized spacial score (nSPS) is 13.3. The number of amides is 1. The predicted molar refractivity (Wildman–Crippen MR) is 72.3 cm³/mol. The molecule has 1 unspecified atom stereocenters. The van der Waals surface area contributed by atoms with E-state index in [2.05, 4.69) is 36.4 Å². The molecular weight excluding hydrogens is 244 g/mol. The molecule has 1 aromatic rings. The van der Waals surface area contributed by atoms with Crippen molar-refractivity contribution in [1.29, 1.82) is 0 Å². The third kappa shape index (κ3) is 6.91. The first-order chi connectivity index (χ1) is 8.90. The van der Waals surface area contributed by atoms with Gasteiger partial charge in [-0.3, -0.25) is 9.48 Å².